The van der Waals surface area contributed by atoms with Gasteiger partial charge in [0.25, 0.3) is 0 Å². The molecule has 0 atom stereocenters. The standard InChI is InChI=1S/C8H7NOS/c1-11-7-2-3-8-6(4-7)5-9-10-8/h2-5H,1H3. The second kappa shape index (κ2) is 2.58. The van der Waals surface area contributed by atoms with Gasteiger partial charge in [0.2, 0.25) is 0 Å². The molecule has 1 aromatic carbocycles. The molecule has 11 heavy (non-hydrogen) atoms. The third-order valence-electron chi connectivity index (χ3n) is 1.56. The molecule has 0 amide bonds. The van der Waals surface area contributed by atoms with E-state index >= 15 is 0 Å². The van der Waals surface area contributed by atoms with Gasteiger partial charge in [-0.3, -0.25) is 0 Å². The van der Waals surface area contributed by atoms with Crippen molar-refractivity contribution in [3.05, 3.63) is 24.4 Å². The number of fused-ring (bicyclic) bond motifs is 1. The molecule has 0 aliphatic heterocycles. The number of aromatic nitrogens is 1. The van der Waals surface area contributed by atoms with Gasteiger partial charge >= 0.3 is 0 Å². The third-order valence-corrected chi connectivity index (χ3v) is 2.29. The van der Waals surface area contributed by atoms with E-state index in [1.807, 2.05) is 12.1 Å². The van der Waals surface area contributed by atoms with Crippen LogP contribution in [0.4, 0.5) is 0 Å². The molecule has 0 N–H and O–H groups in total. The van der Waals surface area contributed by atoms with Crippen molar-refractivity contribution in [1.82, 2.24) is 5.16 Å². The SMILES string of the molecule is CSc1ccc2oncc2c1. The highest BCUT2D eigenvalue weighted by Gasteiger charge is 1.97. The lowest BCUT2D eigenvalue weighted by Gasteiger charge is -1.92. The van der Waals surface area contributed by atoms with Crippen molar-refractivity contribution in [3.8, 4) is 0 Å². The molecule has 2 aromatic rings. The predicted octanol–water partition coefficient (Wildman–Crippen LogP) is 2.55. The van der Waals surface area contributed by atoms with Crippen molar-refractivity contribution in [2.24, 2.45) is 0 Å². The Labute approximate surface area is 68.6 Å². The number of thioether (sulfide) groups is 1. The molecule has 56 valence electrons. The van der Waals surface area contributed by atoms with Crippen LogP contribution < -0.4 is 0 Å². The fraction of sp³-hybridized carbons (Fsp3) is 0.125. The van der Waals surface area contributed by atoms with Crippen LogP contribution in [0, 0.1) is 0 Å². The van der Waals surface area contributed by atoms with E-state index in [4.69, 9.17) is 4.52 Å². The minimum atomic E-state index is 0.850. The van der Waals surface area contributed by atoms with Gasteiger partial charge < -0.3 is 4.52 Å². The Kier molecular flexibility index (Phi) is 1.58. The van der Waals surface area contributed by atoms with Crippen LogP contribution in [0.15, 0.2) is 33.8 Å². The second-order valence-electron chi connectivity index (χ2n) is 2.23. The summed E-state index contributed by atoms with van der Waals surface area (Å²) in [6.07, 6.45) is 3.78. The van der Waals surface area contributed by atoms with Crippen LogP contribution in [0.25, 0.3) is 11.0 Å². The summed E-state index contributed by atoms with van der Waals surface area (Å²) in [4.78, 5) is 1.24. The van der Waals surface area contributed by atoms with E-state index in [9.17, 15) is 0 Å². The molecule has 2 rings (SSSR count). The van der Waals surface area contributed by atoms with Crippen LogP contribution in [0.2, 0.25) is 0 Å². The van der Waals surface area contributed by atoms with Crippen LogP contribution in [0.5, 0.6) is 0 Å². The molecule has 0 radical (unpaired) electrons. The first-order valence-electron chi connectivity index (χ1n) is 3.28. The normalized spacial score (nSPS) is 10.6. The Bertz CT molecular complexity index is 369. The van der Waals surface area contributed by atoms with Crippen molar-refractivity contribution >= 4 is 22.7 Å². The number of rotatable bonds is 1. The molecule has 3 heteroatoms. The van der Waals surface area contributed by atoms with Crippen LogP contribution in [0.3, 0.4) is 0 Å². The van der Waals surface area contributed by atoms with Crippen molar-refractivity contribution in [1.29, 1.82) is 0 Å². The first-order chi connectivity index (χ1) is 5.40. The van der Waals surface area contributed by atoms with Crippen molar-refractivity contribution in [2.45, 2.75) is 4.90 Å². The highest BCUT2D eigenvalue weighted by atomic mass is 32.2. The van der Waals surface area contributed by atoms with Gasteiger partial charge in [-0.15, -0.1) is 11.8 Å². The Balaban J connectivity index is 2.67. The van der Waals surface area contributed by atoms with E-state index in [1.54, 1.807) is 18.0 Å². The fourth-order valence-electron chi connectivity index (χ4n) is 0.977. The molecular weight excluding hydrogens is 158 g/mol. The van der Waals surface area contributed by atoms with Gasteiger partial charge in [-0.1, -0.05) is 5.16 Å². The number of hydrogen-bond donors (Lipinski definition) is 0. The zero-order valence-corrected chi connectivity index (χ0v) is 6.89. The summed E-state index contributed by atoms with van der Waals surface area (Å²) in [5, 5.41) is 4.76. The molecule has 0 saturated carbocycles. The maximum absolute atomic E-state index is 4.96. The van der Waals surface area contributed by atoms with Gasteiger partial charge in [0.05, 0.1) is 6.20 Å². The summed E-state index contributed by atoms with van der Waals surface area (Å²) < 4.78 is 4.96. The Morgan fingerprint density at radius 2 is 2.36 bits per heavy atom. The van der Waals surface area contributed by atoms with Crippen molar-refractivity contribution < 1.29 is 4.52 Å². The quantitative estimate of drug-likeness (QED) is 0.607. The molecule has 0 spiro atoms. The molecule has 2 nitrogen and oxygen atoms in total. The van der Waals surface area contributed by atoms with Crippen LogP contribution >= 0.6 is 11.8 Å². The average molecular weight is 165 g/mol. The molecule has 0 fully saturated rings. The molecule has 1 aromatic heterocycles. The smallest absolute Gasteiger partial charge is 0.166 e. The molecule has 0 saturated heterocycles. The van der Waals surface area contributed by atoms with Gasteiger partial charge in [-0.05, 0) is 24.5 Å². The molecule has 0 unspecified atom stereocenters. The van der Waals surface area contributed by atoms with E-state index in [0.29, 0.717) is 0 Å². The van der Waals surface area contributed by atoms with E-state index in [0.717, 1.165) is 11.0 Å². The monoisotopic (exact) mass is 165 g/mol. The minimum absolute atomic E-state index is 0.850. The minimum Gasteiger partial charge on any atom is -0.356 e. The Morgan fingerprint density at radius 3 is 3.18 bits per heavy atom. The maximum Gasteiger partial charge on any atom is 0.166 e. The van der Waals surface area contributed by atoms with Gasteiger partial charge in [-0.25, -0.2) is 0 Å². The van der Waals surface area contributed by atoms with E-state index in [2.05, 4.69) is 17.5 Å². The fourth-order valence-corrected chi connectivity index (χ4v) is 1.43. The third kappa shape index (κ3) is 1.12. The van der Waals surface area contributed by atoms with E-state index in [1.165, 1.54) is 4.90 Å². The molecule has 0 aliphatic rings. The molecular formula is C8H7NOS. The summed E-state index contributed by atoms with van der Waals surface area (Å²) in [5.41, 5.74) is 0.850. The lowest BCUT2D eigenvalue weighted by Crippen LogP contribution is -1.67. The first kappa shape index (κ1) is 6.73. The number of nitrogens with zero attached hydrogens (tertiary/aromatic N) is 1. The highest BCUT2D eigenvalue weighted by molar-refractivity contribution is 7.98. The van der Waals surface area contributed by atoms with E-state index in [-0.39, 0.29) is 0 Å². The summed E-state index contributed by atoms with van der Waals surface area (Å²) in [7, 11) is 0. The van der Waals surface area contributed by atoms with Crippen LogP contribution in [-0.2, 0) is 0 Å². The van der Waals surface area contributed by atoms with Gasteiger partial charge in [0.1, 0.15) is 0 Å². The zero-order chi connectivity index (χ0) is 7.68. The summed E-state index contributed by atoms with van der Waals surface area (Å²) in [6, 6.07) is 6.03. The first-order valence-corrected chi connectivity index (χ1v) is 4.51. The maximum atomic E-state index is 4.96. The second-order valence-corrected chi connectivity index (χ2v) is 3.11. The lowest BCUT2D eigenvalue weighted by molar-refractivity contribution is 0.456. The summed E-state index contributed by atoms with van der Waals surface area (Å²) >= 11 is 1.72. The van der Waals surface area contributed by atoms with Gasteiger partial charge in [-0.2, -0.15) is 0 Å². The molecule has 0 bridgehead atoms. The highest BCUT2D eigenvalue weighted by Crippen LogP contribution is 2.20. The Hall–Kier alpha value is -0.960. The largest absolute Gasteiger partial charge is 0.356 e. The van der Waals surface area contributed by atoms with Gasteiger partial charge in [0, 0.05) is 10.3 Å². The van der Waals surface area contributed by atoms with Crippen LogP contribution in [0.1, 0.15) is 0 Å². The topological polar surface area (TPSA) is 26.0 Å². The molecule has 0 aliphatic carbocycles. The van der Waals surface area contributed by atoms with Gasteiger partial charge in [0.15, 0.2) is 5.58 Å². The lowest BCUT2D eigenvalue weighted by atomic mass is 10.3. The van der Waals surface area contributed by atoms with Crippen molar-refractivity contribution in [3.63, 3.8) is 0 Å². The predicted molar refractivity (Wildman–Crippen MR) is 45.8 cm³/mol. The Morgan fingerprint density at radius 1 is 1.45 bits per heavy atom. The van der Waals surface area contributed by atoms with E-state index < -0.39 is 0 Å². The summed E-state index contributed by atoms with van der Waals surface area (Å²) in [6.45, 7) is 0. The average Bonchev–Trinajstić information content (AvgIpc) is 2.50. The number of hydrogen-bond acceptors (Lipinski definition) is 3. The summed E-state index contributed by atoms with van der Waals surface area (Å²) in [5.74, 6) is 0. The molecule has 1 heterocycles. The van der Waals surface area contributed by atoms with Crippen molar-refractivity contribution in [2.75, 3.05) is 6.26 Å². The zero-order valence-electron chi connectivity index (χ0n) is 6.07. The number of benzene rings is 1. The van der Waals surface area contributed by atoms with Crippen LogP contribution in [-0.4, -0.2) is 11.4 Å².